The summed E-state index contributed by atoms with van der Waals surface area (Å²) in [5.74, 6) is 1.15. The van der Waals surface area contributed by atoms with E-state index in [1.807, 2.05) is 77.9 Å². The van der Waals surface area contributed by atoms with Crippen LogP contribution < -0.4 is 0 Å². The van der Waals surface area contributed by atoms with Gasteiger partial charge in [-0.15, -0.1) is 10.2 Å². The summed E-state index contributed by atoms with van der Waals surface area (Å²) in [4.78, 5) is 0. The number of phenolic OH excluding ortho intramolecular Hbond substituents is 3. The van der Waals surface area contributed by atoms with Crippen molar-refractivity contribution in [2.45, 2.75) is 78.9 Å². The molecule has 9 nitrogen and oxygen atoms in total. The molecule has 0 saturated carbocycles. The Labute approximate surface area is 251 Å². The lowest BCUT2D eigenvalue weighted by Gasteiger charge is -2.11. The van der Waals surface area contributed by atoms with E-state index in [4.69, 9.17) is 0 Å². The predicted octanol–water partition coefficient (Wildman–Crippen LogP) is 8.73. The Morgan fingerprint density at radius 1 is 0.548 bits per heavy atom. The van der Waals surface area contributed by atoms with Crippen molar-refractivity contribution in [2.75, 3.05) is 0 Å². The summed E-state index contributed by atoms with van der Waals surface area (Å²) in [6, 6.07) is 16.7. The van der Waals surface area contributed by atoms with Gasteiger partial charge in [0.2, 0.25) is 5.82 Å². The van der Waals surface area contributed by atoms with Gasteiger partial charge in [-0.1, -0.05) is 96.1 Å². The van der Waals surface area contributed by atoms with E-state index >= 15 is 0 Å². The summed E-state index contributed by atoms with van der Waals surface area (Å²) in [5, 5.41) is 57.5. The molecule has 3 aromatic rings. The molecule has 0 spiro atoms. The minimum absolute atomic E-state index is 0.0644. The number of aromatic hydroxyl groups is 3. The lowest BCUT2D eigenvalue weighted by atomic mass is 9.99. The van der Waals surface area contributed by atoms with E-state index in [1.54, 1.807) is 18.2 Å². The maximum absolute atomic E-state index is 10.6. The molecular formula is C32H39N6O3Si. The van der Waals surface area contributed by atoms with E-state index in [0.29, 0.717) is 16.7 Å². The van der Waals surface area contributed by atoms with Gasteiger partial charge in [0.1, 0.15) is 27.5 Å². The SMILES string of the molecule is CC(C)c1cccc(CN=NC([Si])=C(N=NCc2cccc(C(C)C)c2O)N=NCc2cccc(C(C)C)c2O)c1O. The molecule has 10 heteroatoms. The first-order valence-electron chi connectivity index (χ1n) is 14.0. The molecule has 0 saturated heterocycles. The summed E-state index contributed by atoms with van der Waals surface area (Å²) < 4.78 is 0. The second-order valence-electron chi connectivity index (χ2n) is 10.9. The fourth-order valence-electron chi connectivity index (χ4n) is 4.31. The lowest BCUT2D eigenvalue weighted by molar-refractivity contribution is 0.457. The minimum atomic E-state index is 0.0644. The third-order valence-electron chi connectivity index (χ3n) is 6.75. The highest BCUT2D eigenvalue weighted by Crippen LogP contribution is 2.31. The maximum Gasteiger partial charge on any atom is 0.213 e. The Morgan fingerprint density at radius 3 is 1.17 bits per heavy atom. The third kappa shape index (κ3) is 8.42. The van der Waals surface area contributed by atoms with E-state index in [1.165, 1.54) is 0 Å². The van der Waals surface area contributed by atoms with Crippen molar-refractivity contribution in [1.82, 2.24) is 0 Å². The zero-order valence-electron chi connectivity index (χ0n) is 25.1. The standard InChI is InChI=1S/C32H39N6O3Si/c1-19(2)25-13-7-10-22(28(25)39)16-33-36-31(37-34-17-23-11-8-14-26(20(3)4)29(23)40)32(42)38-35-18-24-12-9-15-27(21(5)6)30(24)41/h7-15,19-21,39-41H,16-18H2,1-6H3. The molecule has 0 atom stereocenters. The van der Waals surface area contributed by atoms with Gasteiger partial charge in [-0.05, 0) is 34.4 Å². The summed E-state index contributed by atoms with van der Waals surface area (Å²) in [6.45, 7) is 12.5. The summed E-state index contributed by atoms with van der Waals surface area (Å²) in [6.07, 6.45) is 0. The number of benzene rings is 3. The van der Waals surface area contributed by atoms with Crippen molar-refractivity contribution >= 4 is 10.2 Å². The van der Waals surface area contributed by atoms with Gasteiger partial charge in [0, 0.05) is 16.7 Å². The quantitative estimate of drug-likeness (QED) is 0.145. The number of nitrogens with zero attached hydrogens (tertiary/aromatic N) is 6. The smallest absolute Gasteiger partial charge is 0.213 e. The first-order chi connectivity index (χ1) is 20.0. The Hall–Kier alpha value is -4.18. The van der Waals surface area contributed by atoms with Crippen molar-refractivity contribution in [3.8, 4) is 17.2 Å². The van der Waals surface area contributed by atoms with Crippen molar-refractivity contribution in [1.29, 1.82) is 0 Å². The molecule has 3 rings (SSSR count). The van der Waals surface area contributed by atoms with Gasteiger partial charge >= 0.3 is 0 Å². The zero-order valence-corrected chi connectivity index (χ0v) is 26.1. The topological polar surface area (TPSA) is 135 Å². The lowest BCUT2D eigenvalue weighted by Crippen LogP contribution is -1.93. The summed E-state index contributed by atoms with van der Waals surface area (Å²) in [5.41, 5.74) is 4.43. The molecule has 3 N–H and O–H groups in total. The van der Waals surface area contributed by atoms with E-state index < -0.39 is 0 Å². The van der Waals surface area contributed by atoms with Crippen LogP contribution in [0.25, 0.3) is 0 Å². The van der Waals surface area contributed by atoms with E-state index in [0.717, 1.165) is 16.7 Å². The molecule has 219 valence electrons. The molecule has 0 heterocycles. The molecule has 0 aromatic heterocycles. The van der Waals surface area contributed by atoms with Gasteiger partial charge in [0.25, 0.3) is 0 Å². The number of rotatable bonds is 12. The first kappa shape index (κ1) is 32.3. The Balaban J connectivity index is 1.88. The minimum Gasteiger partial charge on any atom is -0.507 e. The van der Waals surface area contributed by atoms with Crippen molar-refractivity contribution in [3.63, 3.8) is 0 Å². The molecule has 0 unspecified atom stereocenters. The number of azo groups is 3. The molecule has 3 radical (unpaired) electrons. The molecule has 0 fully saturated rings. The second-order valence-corrected chi connectivity index (χ2v) is 11.4. The number of hydrogen-bond donors (Lipinski definition) is 3. The van der Waals surface area contributed by atoms with Crippen LogP contribution in [0.2, 0.25) is 0 Å². The average molecular weight is 584 g/mol. The monoisotopic (exact) mass is 583 g/mol. The Bertz CT molecular complexity index is 1420. The highest BCUT2D eigenvalue weighted by atomic mass is 28.1. The van der Waals surface area contributed by atoms with E-state index in [-0.39, 0.29) is 65.8 Å². The largest absolute Gasteiger partial charge is 0.507 e. The van der Waals surface area contributed by atoms with Crippen LogP contribution in [0.5, 0.6) is 17.2 Å². The number of hydrogen-bond acceptors (Lipinski definition) is 9. The third-order valence-corrected chi connectivity index (χ3v) is 7.08. The van der Waals surface area contributed by atoms with Gasteiger partial charge in [-0.3, -0.25) is 0 Å². The van der Waals surface area contributed by atoms with Crippen LogP contribution >= 0.6 is 0 Å². The molecule has 0 aliphatic heterocycles. The molecule has 0 bridgehead atoms. The van der Waals surface area contributed by atoms with Crippen LogP contribution in [0.4, 0.5) is 0 Å². The summed E-state index contributed by atoms with van der Waals surface area (Å²) in [7, 11) is 3.45. The van der Waals surface area contributed by atoms with Crippen LogP contribution in [-0.4, -0.2) is 25.6 Å². The van der Waals surface area contributed by atoms with Gasteiger partial charge in [-0.2, -0.15) is 20.5 Å². The average Bonchev–Trinajstić information content (AvgIpc) is 2.94. The molecule has 0 aliphatic rings. The summed E-state index contributed by atoms with van der Waals surface area (Å²) >= 11 is 0. The van der Waals surface area contributed by atoms with E-state index in [2.05, 4.69) is 40.9 Å². The number of para-hydroxylation sites is 3. The van der Waals surface area contributed by atoms with E-state index in [9.17, 15) is 15.3 Å². The predicted molar refractivity (Wildman–Crippen MR) is 165 cm³/mol. The van der Waals surface area contributed by atoms with Crippen LogP contribution in [-0.2, 0) is 19.6 Å². The van der Waals surface area contributed by atoms with Crippen LogP contribution in [0.3, 0.4) is 0 Å². The molecule has 3 aromatic carbocycles. The molecule has 0 aliphatic carbocycles. The van der Waals surface area contributed by atoms with Crippen LogP contribution in [0, 0.1) is 0 Å². The Kier molecular flexibility index (Phi) is 11.7. The van der Waals surface area contributed by atoms with Gasteiger partial charge in [0.15, 0.2) is 0 Å². The van der Waals surface area contributed by atoms with Gasteiger partial charge in [-0.25, -0.2) is 0 Å². The number of phenols is 3. The molecule has 0 amide bonds. The van der Waals surface area contributed by atoms with Crippen molar-refractivity contribution in [3.05, 3.63) is 99.1 Å². The second kappa shape index (κ2) is 15.2. The van der Waals surface area contributed by atoms with Crippen molar-refractivity contribution < 1.29 is 15.3 Å². The molecular weight excluding hydrogens is 544 g/mol. The van der Waals surface area contributed by atoms with Crippen molar-refractivity contribution in [2.24, 2.45) is 30.7 Å². The zero-order chi connectivity index (χ0) is 30.8. The highest BCUT2D eigenvalue weighted by molar-refractivity contribution is 6.21. The normalized spacial score (nSPS) is 12.1. The fourth-order valence-corrected chi connectivity index (χ4v) is 4.48. The van der Waals surface area contributed by atoms with Crippen LogP contribution in [0.15, 0.2) is 96.4 Å². The van der Waals surface area contributed by atoms with Gasteiger partial charge in [0.05, 0.1) is 25.0 Å². The Morgan fingerprint density at radius 2 is 0.857 bits per heavy atom. The fraction of sp³-hybridized carbons (Fsp3) is 0.375. The maximum atomic E-state index is 10.6. The first-order valence-corrected chi connectivity index (χ1v) is 14.5. The van der Waals surface area contributed by atoms with Crippen LogP contribution in [0.1, 0.15) is 92.7 Å². The molecule has 42 heavy (non-hydrogen) atoms. The van der Waals surface area contributed by atoms with Gasteiger partial charge < -0.3 is 15.3 Å². The highest BCUT2D eigenvalue weighted by Gasteiger charge is 2.12.